The van der Waals surface area contributed by atoms with Crippen molar-refractivity contribution in [2.24, 2.45) is 0 Å². The van der Waals surface area contributed by atoms with Gasteiger partial charge in [-0.15, -0.1) is 0 Å². The van der Waals surface area contributed by atoms with Crippen molar-refractivity contribution in [1.82, 2.24) is 0 Å². The summed E-state index contributed by atoms with van der Waals surface area (Å²) in [5, 5.41) is 42.1. The lowest BCUT2D eigenvalue weighted by molar-refractivity contribution is -0.139. The summed E-state index contributed by atoms with van der Waals surface area (Å²) in [6.07, 6.45) is 21.6. The maximum atomic E-state index is 11.7. The number of hydrogen-bond acceptors (Lipinski definition) is 8. The fourth-order valence-corrected chi connectivity index (χ4v) is 7.29. The van der Waals surface area contributed by atoms with E-state index >= 15 is 0 Å². The number of carbonyl (C=O) groups is 1. The van der Waals surface area contributed by atoms with Crippen molar-refractivity contribution in [2.75, 3.05) is 0 Å². The maximum Gasteiger partial charge on any atom is 0.334 e. The van der Waals surface area contributed by atoms with Crippen LogP contribution in [-0.2, 0) is 19.0 Å². The van der Waals surface area contributed by atoms with Crippen LogP contribution >= 0.6 is 0 Å². The monoisotopic (exact) mass is 638 g/mol. The second kappa shape index (κ2) is 21.8. The number of esters is 1. The van der Waals surface area contributed by atoms with Crippen LogP contribution in [0, 0.1) is 0 Å². The van der Waals surface area contributed by atoms with Crippen LogP contribution in [0.25, 0.3) is 0 Å². The Bertz CT molecular complexity index is 833. The molecule has 3 heterocycles. The van der Waals surface area contributed by atoms with Crippen molar-refractivity contribution in [1.29, 1.82) is 0 Å². The van der Waals surface area contributed by atoms with Crippen molar-refractivity contribution >= 4 is 5.97 Å². The molecule has 3 aliphatic rings. The molecule has 45 heavy (non-hydrogen) atoms. The number of aliphatic hydroxyl groups is 4. The van der Waals surface area contributed by atoms with Gasteiger partial charge in [0.15, 0.2) is 0 Å². The van der Waals surface area contributed by atoms with Crippen LogP contribution in [0.2, 0.25) is 0 Å². The quantitative estimate of drug-likeness (QED) is 0.0634. The highest BCUT2D eigenvalue weighted by Crippen LogP contribution is 2.34. The average Bonchev–Trinajstić information content (AvgIpc) is 3.77. The molecular formula is C37H66O8. The van der Waals surface area contributed by atoms with E-state index in [1.165, 1.54) is 44.9 Å². The second-order valence-electron chi connectivity index (χ2n) is 14.2. The second-order valence-corrected chi connectivity index (χ2v) is 14.2. The Hall–Kier alpha value is -1.03. The normalized spacial score (nSPS) is 27.8. The SMILES string of the molecule is CCCCCCCCCC[C@H](O)[C@H]1CC[C@H]([C@H]2CC[C@H]([C@H](O)CC[C@@H](O)CCCCCCC[C@@H](O)CC3=C[C@H](C)OC3=O)O2)O1. The van der Waals surface area contributed by atoms with Crippen LogP contribution in [-0.4, -0.2) is 81.3 Å². The van der Waals surface area contributed by atoms with Gasteiger partial charge in [-0.05, 0) is 70.8 Å². The summed E-state index contributed by atoms with van der Waals surface area (Å²) in [7, 11) is 0. The molecule has 0 aromatic rings. The van der Waals surface area contributed by atoms with Crippen LogP contribution in [0.3, 0.4) is 0 Å². The summed E-state index contributed by atoms with van der Waals surface area (Å²) in [6.45, 7) is 4.07. The molecule has 3 aliphatic heterocycles. The van der Waals surface area contributed by atoms with Gasteiger partial charge in [-0.3, -0.25) is 0 Å². The Balaban J connectivity index is 1.16. The Morgan fingerprint density at radius 2 is 1.13 bits per heavy atom. The summed E-state index contributed by atoms with van der Waals surface area (Å²) in [5.74, 6) is -0.305. The Kier molecular flexibility index (Phi) is 18.6. The average molecular weight is 639 g/mol. The van der Waals surface area contributed by atoms with Gasteiger partial charge in [0.25, 0.3) is 0 Å². The number of cyclic esters (lactones) is 1. The standard InChI is InChI=1S/C37H66O8/c1-3-4-5-6-7-8-12-15-18-31(40)33-21-23-35(44-33)36-24-22-34(45-36)32(41)20-19-29(38)16-13-10-9-11-14-17-30(39)26-28-25-27(2)43-37(28)42/h25,27,29-36,38-41H,3-24,26H2,1-2H3/t27-,29-,30+,31-,32+,33+,34+,35+,36+/m0/s1. The van der Waals surface area contributed by atoms with Crippen LogP contribution < -0.4 is 0 Å². The highest BCUT2D eigenvalue weighted by atomic mass is 16.6. The van der Waals surface area contributed by atoms with Gasteiger partial charge in [0.05, 0.1) is 48.8 Å². The molecule has 0 amide bonds. The lowest BCUT2D eigenvalue weighted by atomic mass is 9.99. The van der Waals surface area contributed by atoms with Crippen LogP contribution in [0.4, 0.5) is 0 Å². The summed E-state index contributed by atoms with van der Waals surface area (Å²) in [5.41, 5.74) is 0.588. The van der Waals surface area contributed by atoms with Crippen LogP contribution in [0.1, 0.15) is 162 Å². The molecule has 8 heteroatoms. The minimum atomic E-state index is -0.578. The minimum Gasteiger partial charge on any atom is -0.455 e. The van der Waals surface area contributed by atoms with Gasteiger partial charge in [0.2, 0.25) is 0 Å². The smallest absolute Gasteiger partial charge is 0.334 e. The third-order valence-corrected chi connectivity index (χ3v) is 10.1. The van der Waals surface area contributed by atoms with Crippen LogP contribution in [0.15, 0.2) is 11.6 Å². The Morgan fingerprint density at radius 1 is 0.644 bits per heavy atom. The highest BCUT2D eigenvalue weighted by Gasteiger charge is 2.40. The molecule has 4 N–H and O–H groups in total. The van der Waals surface area contributed by atoms with Gasteiger partial charge in [-0.25, -0.2) is 4.79 Å². The van der Waals surface area contributed by atoms with E-state index in [4.69, 9.17) is 14.2 Å². The predicted octanol–water partition coefficient (Wildman–Crippen LogP) is 6.83. The number of carbonyl (C=O) groups excluding carboxylic acids is 1. The third kappa shape index (κ3) is 14.7. The summed E-state index contributed by atoms with van der Waals surface area (Å²) < 4.78 is 17.6. The summed E-state index contributed by atoms with van der Waals surface area (Å²) in [6, 6.07) is 0. The maximum absolute atomic E-state index is 11.7. The van der Waals surface area contributed by atoms with E-state index in [0.717, 1.165) is 77.0 Å². The predicted molar refractivity (Wildman–Crippen MR) is 177 cm³/mol. The molecule has 0 aromatic heterocycles. The molecule has 0 bridgehead atoms. The van der Waals surface area contributed by atoms with E-state index in [1.54, 1.807) is 6.08 Å². The lowest BCUT2D eigenvalue weighted by Crippen LogP contribution is -2.33. The van der Waals surface area contributed by atoms with Gasteiger partial charge >= 0.3 is 5.97 Å². The van der Waals surface area contributed by atoms with E-state index in [2.05, 4.69) is 6.92 Å². The molecule has 0 spiro atoms. The van der Waals surface area contributed by atoms with Gasteiger partial charge in [0.1, 0.15) is 6.10 Å². The molecule has 0 radical (unpaired) electrons. The topological polar surface area (TPSA) is 126 Å². The molecule has 3 rings (SSSR count). The van der Waals surface area contributed by atoms with Crippen molar-refractivity contribution < 1.29 is 39.4 Å². The van der Waals surface area contributed by atoms with Crippen molar-refractivity contribution in [3.05, 3.63) is 11.6 Å². The van der Waals surface area contributed by atoms with E-state index in [-0.39, 0.29) is 36.5 Å². The molecule has 0 aromatic carbocycles. The van der Waals surface area contributed by atoms with E-state index in [9.17, 15) is 25.2 Å². The van der Waals surface area contributed by atoms with E-state index in [1.807, 2.05) is 6.92 Å². The van der Waals surface area contributed by atoms with Crippen molar-refractivity contribution in [2.45, 2.75) is 216 Å². The molecule has 8 nitrogen and oxygen atoms in total. The summed E-state index contributed by atoms with van der Waals surface area (Å²) >= 11 is 0. The summed E-state index contributed by atoms with van der Waals surface area (Å²) in [4.78, 5) is 11.7. The fraction of sp³-hybridized carbons (Fsp3) is 0.919. The van der Waals surface area contributed by atoms with E-state index in [0.29, 0.717) is 31.3 Å². The first-order valence-corrected chi connectivity index (χ1v) is 18.7. The molecule has 262 valence electrons. The van der Waals surface area contributed by atoms with E-state index < -0.39 is 24.4 Å². The largest absolute Gasteiger partial charge is 0.455 e. The molecule has 2 fully saturated rings. The Morgan fingerprint density at radius 3 is 1.67 bits per heavy atom. The van der Waals surface area contributed by atoms with Crippen molar-refractivity contribution in [3.8, 4) is 0 Å². The third-order valence-electron chi connectivity index (χ3n) is 10.1. The molecule has 9 atom stereocenters. The molecule has 2 saturated heterocycles. The number of aliphatic hydroxyl groups excluding tert-OH is 4. The number of ether oxygens (including phenoxy) is 3. The fourth-order valence-electron chi connectivity index (χ4n) is 7.29. The molecule has 0 aliphatic carbocycles. The number of rotatable bonds is 25. The Labute approximate surface area is 273 Å². The number of hydrogen-bond donors (Lipinski definition) is 4. The first-order chi connectivity index (χ1) is 21.8. The molecule has 0 saturated carbocycles. The first kappa shape index (κ1) is 38.4. The zero-order valence-electron chi connectivity index (χ0n) is 28.5. The zero-order chi connectivity index (χ0) is 32.4. The highest BCUT2D eigenvalue weighted by molar-refractivity contribution is 5.90. The first-order valence-electron chi connectivity index (χ1n) is 18.7. The lowest BCUT2D eigenvalue weighted by Gasteiger charge is -2.24. The minimum absolute atomic E-state index is 0.00146. The molecular weight excluding hydrogens is 572 g/mol. The van der Waals surface area contributed by atoms with Crippen LogP contribution in [0.5, 0.6) is 0 Å². The van der Waals surface area contributed by atoms with Gasteiger partial charge in [-0.1, -0.05) is 90.4 Å². The van der Waals surface area contributed by atoms with Gasteiger partial charge < -0.3 is 34.6 Å². The van der Waals surface area contributed by atoms with Crippen molar-refractivity contribution in [3.63, 3.8) is 0 Å². The zero-order valence-corrected chi connectivity index (χ0v) is 28.5. The van der Waals surface area contributed by atoms with Gasteiger partial charge in [0, 0.05) is 12.0 Å². The number of unbranched alkanes of at least 4 members (excludes halogenated alkanes) is 11. The van der Waals surface area contributed by atoms with Gasteiger partial charge in [-0.2, -0.15) is 0 Å². The molecule has 0 unspecified atom stereocenters.